The third-order valence-electron chi connectivity index (χ3n) is 4.94. The third kappa shape index (κ3) is 3.54. The zero-order chi connectivity index (χ0) is 19.5. The Morgan fingerprint density at radius 1 is 0.857 bits per heavy atom. The van der Waals surface area contributed by atoms with Gasteiger partial charge in [-0.25, -0.2) is 4.98 Å². The van der Waals surface area contributed by atoms with Crippen LogP contribution in [0, 0.1) is 13.8 Å². The number of aromatic nitrogens is 2. The van der Waals surface area contributed by atoms with Crippen LogP contribution in [0.2, 0.25) is 0 Å². The van der Waals surface area contributed by atoms with Crippen molar-refractivity contribution >= 4 is 11.6 Å². The Bertz CT molecular complexity index is 1060. The zero-order valence-electron chi connectivity index (χ0n) is 16.2. The van der Waals surface area contributed by atoms with E-state index in [-0.39, 0.29) is 5.91 Å². The first kappa shape index (κ1) is 18.0. The predicted octanol–water partition coefficient (Wildman–Crippen LogP) is 4.79. The topological polar surface area (TPSA) is 37.6 Å². The molecule has 4 rings (SSSR count). The van der Waals surface area contributed by atoms with Gasteiger partial charge in [0.25, 0.3) is 5.91 Å². The van der Waals surface area contributed by atoms with E-state index >= 15 is 0 Å². The summed E-state index contributed by atoms with van der Waals surface area (Å²) in [7, 11) is 0. The SMILES string of the molecule is Cc1nc2c(C)cccn2c1C(=O)N(Cc1ccccc1)Cc1ccccc1. The molecule has 0 fully saturated rings. The summed E-state index contributed by atoms with van der Waals surface area (Å²) < 4.78 is 1.91. The molecule has 2 aromatic heterocycles. The van der Waals surface area contributed by atoms with Crippen LogP contribution in [-0.2, 0) is 13.1 Å². The number of fused-ring (bicyclic) bond motifs is 1. The minimum atomic E-state index is -0.0108. The molecule has 140 valence electrons. The lowest BCUT2D eigenvalue weighted by atomic mass is 10.1. The zero-order valence-corrected chi connectivity index (χ0v) is 16.2. The molecule has 4 nitrogen and oxygen atoms in total. The van der Waals surface area contributed by atoms with E-state index in [9.17, 15) is 4.79 Å². The number of pyridine rings is 1. The molecule has 0 unspecified atom stereocenters. The number of benzene rings is 2. The van der Waals surface area contributed by atoms with E-state index in [4.69, 9.17) is 0 Å². The van der Waals surface area contributed by atoms with Crippen LogP contribution in [0.25, 0.3) is 5.65 Å². The van der Waals surface area contributed by atoms with Crippen molar-refractivity contribution in [2.24, 2.45) is 0 Å². The molecule has 2 aromatic carbocycles. The van der Waals surface area contributed by atoms with Crippen LogP contribution in [-0.4, -0.2) is 20.2 Å². The Labute approximate surface area is 165 Å². The lowest BCUT2D eigenvalue weighted by Gasteiger charge is -2.23. The number of hydrogen-bond donors (Lipinski definition) is 0. The molecule has 0 bridgehead atoms. The van der Waals surface area contributed by atoms with Gasteiger partial charge in [0.05, 0.1) is 5.69 Å². The van der Waals surface area contributed by atoms with Gasteiger partial charge in [0.1, 0.15) is 11.3 Å². The van der Waals surface area contributed by atoms with Gasteiger partial charge < -0.3 is 4.90 Å². The van der Waals surface area contributed by atoms with Crippen molar-refractivity contribution in [1.82, 2.24) is 14.3 Å². The summed E-state index contributed by atoms with van der Waals surface area (Å²) in [4.78, 5) is 20.2. The number of hydrogen-bond acceptors (Lipinski definition) is 2. The number of nitrogens with zero attached hydrogens (tertiary/aromatic N) is 3. The Kier molecular flexibility index (Phi) is 4.94. The van der Waals surface area contributed by atoms with Crippen LogP contribution in [0.15, 0.2) is 79.0 Å². The van der Waals surface area contributed by atoms with Gasteiger partial charge in [0.2, 0.25) is 0 Å². The van der Waals surface area contributed by atoms with E-state index in [2.05, 4.69) is 29.2 Å². The van der Waals surface area contributed by atoms with Crippen molar-refractivity contribution in [3.05, 3.63) is 107 Å². The molecule has 28 heavy (non-hydrogen) atoms. The lowest BCUT2D eigenvalue weighted by Crippen LogP contribution is -2.31. The summed E-state index contributed by atoms with van der Waals surface area (Å²) in [5.74, 6) is -0.0108. The van der Waals surface area contributed by atoms with Crippen LogP contribution < -0.4 is 0 Å². The minimum Gasteiger partial charge on any atom is -0.329 e. The number of amides is 1. The highest BCUT2D eigenvalue weighted by Gasteiger charge is 2.23. The summed E-state index contributed by atoms with van der Waals surface area (Å²) in [5.41, 5.74) is 5.49. The van der Waals surface area contributed by atoms with E-state index in [1.165, 1.54) is 0 Å². The summed E-state index contributed by atoms with van der Waals surface area (Å²) >= 11 is 0. The molecule has 0 aliphatic carbocycles. The fraction of sp³-hybridized carbons (Fsp3) is 0.167. The third-order valence-corrected chi connectivity index (χ3v) is 4.94. The molecule has 4 heteroatoms. The maximum absolute atomic E-state index is 13.6. The Balaban J connectivity index is 1.74. The molecule has 0 saturated carbocycles. The molecule has 0 saturated heterocycles. The van der Waals surface area contributed by atoms with Gasteiger partial charge in [-0.2, -0.15) is 0 Å². The van der Waals surface area contributed by atoms with Crippen LogP contribution >= 0.6 is 0 Å². The Hall–Kier alpha value is -3.40. The van der Waals surface area contributed by atoms with Gasteiger partial charge in [-0.05, 0) is 36.6 Å². The van der Waals surface area contributed by atoms with Crippen LogP contribution in [0.4, 0.5) is 0 Å². The summed E-state index contributed by atoms with van der Waals surface area (Å²) in [5, 5.41) is 0. The molecule has 0 spiro atoms. The highest BCUT2D eigenvalue weighted by Crippen LogP contribution is 2.20. The number of aryl methyl sites for hydroxylation is 2. The lowest BCUT2D eigenvalue weighted by molar-refractivity contribution is 0.0722. The smallest absolute Gasteiger partial charge is 0.273 e. The molecule has 0 aliphatic rings. The first-order chi connectivity index (χ1) is 13.6. The van der Waals surface area contributed by atoms with Gasteiger partial charge >= 0.3 is 0 Å². The van der Waals surface area contributed by atoms with Gasteiger partial charge in [-0.1, -0.05) is 66.7 Å². The number of carbonyl (C=O) groups excluding carboxylic acids is 1. The van der Waals surface area contributed by atoms with E-state index in [1.807, 2.05) is 77.9 Å². The summed E-state index contributed by atoms with van der Waals surface area (Å²) in [6.07, 6.45) is 1.92. The standard InChI is InChI=1S/C24H23N3O/c1-18-10-9-15-27-22(19(2)25-23(18)27)24(28)26(16-20-11-5-3-6-12-20)17-21-13-7-4-8-14-21/h3-15H,16-17H2,1-2H3. The predicted molar refractivity (Wildman–Crippen MR) is 111 cm³/mol. The van der Waals surface area contributed by atoms with E-state index in [0.29, 0.717) is 18.8 Å². The monoisotopic (exact) mass is 369 g/mol. The second kappa shape index (κ2) is 7.69. The Morgan fingerprint density at radius 2 is 1.43 bits per heavy atom. The molecule has 0 radical (unpaired) electrons. The fourth-order valence-electron chi connectivity index (χ4n) is 3.53. The van der Waals surface area contributed by atoms with Crippen molar-refractivity contribution < 1.29 is 4.79 Å². The maximum atomic E-state index is 13.6. The Morgan fingerprint density at radius 3 is 2.00 bits per heavy atom. The van der Waals surface area contributed by atoms with Crippen molar-refractivity contribution in [2.45, 2.75) is 26.9 Å². The van der Waals surface area contributed by atoms with Crippen molar-refractivity contribution in [1.29, 1.82) is 0 Å². The molecular formula is C24H23N3O. The molecule has 0 aliphatic heterocycles. The molecule has 4 aromatic rings. The second-order valence-corrected chi connectivity index (χ2v) is 7.06. The average molecular weight is 369 g/mol. The molecule has 1 amide bonds. The van der Waals surface area contributed by atoms with Gasteiger partial charge in [-0.15, -0.1) is 0 Å². The largest absolute Gasteiger partial charge is 0.329 e. The molecular weight excluding hydrogens is 346 g/mol. The summed E-state index contributed by atoms with van der Waals surface area (Å²) in [6.45, 7) is 5.02. The van der Waals surface area contributed by atoms with Crippen LogP contribution in [0.3, 0.4) is 0 Å². The van der Waals surface area contributed by atoms with Crippen molar-refractivity contribution in [2.75, 3.05) is 0 Å². The number of rotatable bonds is 5. The van der Waals surface area contributed by atoms with Crippen molar-refractivity contribution in [3.63, 3.8) is 0 Å². The van der Waals surface area contributed by atoms with Crippen molar-refractivity contribution in [3.8, 4) is 0 Å². The first-order valence-electron chi connectivity index (χ1n) is 9.45. The minimum absolute atomic E-state index is 0.0108. The van der Waals surface area contributed by atoms with Gasteiger partial charge in [0.15, 0.2) is 0 Å². The molecule has 0 atom stereocenters. The number of carbonyl (C=O) groups is 1. The normalized spacial score (nSPS) is 10.9. The average Bonchev–Trinajstić information content (AvgIpc) is 3.06. The highest BCUT2D eigenvalue weighted by molar-refractivity contribution is 5.94. The molecule has 2 heterocycles. The quantitative estimate of drug-likeness (QED) is 0.507. The highest BCUT2D eigenvalue weighted by atomic mass is 16.2. The fourth-order valence-corrected chi connectivity index (χ4v) is 3.53. The summed E-state index contributed by atoms with van der Waals surface area (Å²) in [6, 6.07) is 24.2. The maximum Gasteiger partial charge on any atom is 0.273 e. The van der Waals surface area contributed by atoms with Gasteiger partial charge in [0, 0.05) is 19.3 Å². The second-order valence-electron chi connectivity index (χ2n) is 7.06. The first-order valence-corrected chi connectivity index (χ1v) is 9.45. The number of imidazole rings is 1. The van der Waals surface area contributed by atoms with Crippen LogP contribution in [0.1, 0.15) is 32.9 Å². The van der Waals surface area contributed by atoms with E-state index in [0.717, 1.165) is 28.0 Å². The van der Waals surface area contributed by atoms with E-state index in [1.54, 1.807) is 0 Å². The van der Waals surface area contributed by atoms with E-state index < -0.39 is 0 Å². The van der Waals surface area contributed by atoms with Crippen LogP contribution in [0.5, 0.6) is 0 Å². The van der Waals surface area contributed by atoms with Gasteiger partial charge in [-0.3, -0.25) is 9.20 Å². The molecule has 0 N–H and O–H groups in total.